The number of furan rings is 1. The number of Topliss-reactive ketones (excluding diaryl/α,β-unsaturated/α-hetero) is 1. The van der Waals surface area contributed by atoms with Crippen molar-refractivity contribution in [2.45, 2.75) is 19.5 Å². The molecule has 0 saturated carbocycles. The molecule has 0 radical (unpaired) electrons. The maximum atomic E-state index is 13.0. The van der Waals surface area contributed by atoms with Gasteiger partial charge in [-0.25, -0.2) is 0 Å². The lowest BCUT2D eigenvalue weighted by Crippen LogP contribution is -2.29. The molecule has 7 nitrogen and oxygen atoms in total. The molecule has 4 rings (SSSR count). The molecule has 1 unspecified atom stereocenters. The van der Waals surface area contributed by atoms with Crippen LogP contribution in [0.1, 0.15) is 29.9 Å². The zero-order valence-electron chi connectivity index (χ0n) is 17.8. The summed E-state index contributed by atoms with van der Waals surface area (Å²) >= 11 is 0. The van der Waals surface area contributed by atoms with Crippen molar-refractivity contribution in [1.29, 1.82) is 0 Å². The highest BCUT2D eigenvalue weighted by atomic mass is 16.5. The molecule has 1 saturated heterocycles. The lowest BCUT2D eigenvalue weighted by atomic mass is 9.99. The number of hydrogen-bond acceptors (Lipinski definition) is 6. The van der Waals surface area contributed by atoms with Gasteiger partial charge in [0, 0.05) is 12.1 Å². The van der Waals surface area contributed by atoms with E-state index in [4.69, 9.17) is 13.9 Å². The highest BCUT2D eigenvalue weighted by Gasteiger charge is 2.47. The first kappa shape index (κ1) is 21.2. The Balaban J connectivity index is 1.79. The molecule has 1 aliphatic rings. The molecule has 3 aromatic rings. The highest BCUT2D eigenvalue weighted by molar-refractivity contribution is 6.46. The topological polar surface area (TPSA) is 89.2 Å². The molecule has 0 spiro atoms. The summed E-state index contributed by atoms with van der Waals surface area (Å²) in [4.78, 5) is 27.5. The molecule has 1 atom stereocenters. The summed E-state index contributed by atoms with van der Waals surface area (Å²) in [7, 11) is 1.51. The molecule has 2 heterocycles. The average molecular weight is 433 g/mol. The Bertz CT molecular complexity index is 1160. The summed E-state index contributed by atoms with van der Waals surface area (Å²) in [6.07, 6.45) is 1.47. The molecular formula is C25H23NO6. The fourth-order valence-electron chi connectivity index (χ4n) is 3.81. The van der Waals surface area contributed by atoms with Gasteiger partial charge in [-0.3, -0.25) is 9.59 Å². The smallest absolute Gasteiger partial charge is 0.296 e. The molecule has 1 fully saturated rings. The number of ether oxygens (including phenoxy) is 2. The predicted molar refractivity (Wildman–Crippen MR) is 117 cm³/mol. The van der Waals surface area contributed by atoms with Crippen LogP contribution < -0.4 is 9.47 Å². The number of carbonyl (C=O) groups excluding carboxylic acids is 2. The number of ketones is 1. The van der Waals surface area contributed by atoms with Crippen molar-refractivity contribution in [2.24, 2.45) is 0 Å². The Labute approximate surface area is 185 Å². The van der Waals surface area contributed by atoms with Gasteiger partial charge in [-0.15, -0.1) is 0 Å². The van der Waals surface area contributed by atoms with E-state index in [-0.39, 0.29) is 17.9 Å². The highest BCUT2D eigenvalue weighted by Crippen LogP contribution is 2.40. The zero-order valence-corrected chi connectivity index (χ0v) is 17.8. The van der Waals surface area contributed by atoms with Crippen LogP contribution in [0.3, 0.4) is 0 Å². The van der Waals surface area contributed by atoms with Gasteiger partial charge in [0.1, 0.15) is 29.1 Å². The maximum absolute atomic E-state index is 13.0. The molecular weight excluding hydrogens is 410 g/mol. The van der Waals surface area contributed by atoms with Crippen molar-refractivity contribution in [3.8, 4) is 11.5 Å². The van der Waals surface area contributed by atoms with Crippen molar-refractivity contribution < 1.29 is 28.6 Å². The summed E-state index contributed by atoms with van der Waals surface area (Å²) in [6.45, 7) is 2.55. The van der Waals surface area contributed by atoms with Gasteiger partial charge < -0.3 is 23.9 Å². The third-order valence-corrected chi connectivity index (χ3v) is 5.26. The molecule has 1 aromatic heterocycles. The number of methoxy groups -OCH3 is 1. The number of likely N-dealkylation sites (tertiary alicyclic amines) is 1. The number of hydrogen-bond donors (Lipinski definition) is 1. The molecule has 7 heteroatoms. The van der Waals surface area contributed by atoms with Gasteiger partial charge in [-0.1, -0.05) is 24.3 Å². The Hall–Kier alpha value is -4.00. The SMILES string of the molecule is CCOc1cccc(CN2C(=O)C(=O)/C(=C(\O)c3cccc(OC)c3)C2c2ccco2)c1. The summed E-state index contributed by atoms with van der Waals surface area (Å²) < 4.78 is 16.3. The largest absolute Gasteiger partial charge is 0.507 e. The first-order valence-corrected chi connectivity index (χ1v) is 10.2. The summed E-state index contributed by atoms with van der Waals surface area (Å²) in [5.41, 5.74) is 1.13. The summed E-state index contributed by atoms with van der Waals surface area (Å²) in [5.74, 6) is -0.188. The number of aliphatic hydroxyl groups is 1. The van der Waals surface area contributed by atoms with Gasteiger partial charge in [-0.05, 0) is 48.9 Å². The minimum atomic E-state index is -0.869. The van der Waals surface area contributed by atoms with E-state index in [0.29, 0.717) is 29.4 Å². The summed E-state index contributed by atoms with van der Waals surface area (Å²) in [6, 6.07) is 16.5. The second-order valence-electron chi connectivity index (χ2n) is 7.25. The lowest BCUT2D eigenvalue weighted by Gasteiger charge is -2.23. The molecule has 1 aliphatic heterocycles. The average Bonchev–Trinajstić information content (AvgIpc) is 3.42. The normalized spacial score (nSPS) is 17.6. The molecule has 1 N–H and O–H groups in total. The van der Waals surface area contributed by atoms with Gasteiger partial charge in [0.15, 0.2) is 0 Å². The maximum Gasteiger partial charge on any atom is 0.296 e. The Morgan fingerprint density at radius 2 is 1.84 bits per heavy atom. The van der Waals surface area contributed by atoms with Gasteiger partial charge in [0.25, 0.3) is 11.7 Å². The Morgan fingerprint density at radius 1 is 1.06 bits per heavy atom. The second-order valence-corrected chi connectivity index (χ2v) is 7.25. The van der Waals surface area contributed by atoms with Crippen LogP contribution in [0.15, 0.2) is 76.9 Å². The van der Waals surface area contributed by atoms with Gasteiger partial charge in [0.2, 0.25) is 0 Å². The van der Waals surface area contributed by atoms with E-state index in [1.165, 1.54) is 18.3 Å². The fourth-order valence-corrected chi connectivity index (χ4v) is 3.81. The quantitative estimate of drug-likeness (QED) is 0.339. The van der Waals surface area contributed by atoms with Crippen molar-refractivity contribution in [2.75, 3.05) is 13.7 Å². The third-order valence-electron chi connectivity index (χ3n) is 5.26. The molecule has 0 bridgehead atoms. The number of amides is 1. The van der Waals surface area contributed by atoms with Crippen molar-refractivity contribution in [1.82, 2.24) is 4.90 Å². The predicted octanol–water partition coefficient (Wildman–Crippen LogP) is 4.31. The van der Waals surface area contributed by atoms with Crippen LogP contribution in [0, 0.1) is 0 Å². The number of benzene rings is 2. The first-order valence-electron chi connectivity index (χ1n) is 10.2. The lowest BCUT2D eigenvalue weighted by molar-refractivity contribution is -0.140. The second kappa shape index (κ2) is 9.01. The third kappa shape index (κ3) is 3.97. The number of aliphatic hydroxyl groups excluding tert-OH is 1. The molecule has 2 aromatic carbocycles. The Morgan fingerprint density at radius 3 is 2.56 bits per heavy atom. The van der Waals surface area contributed by atoms with Crippen molar-refractivity contribution >= 4 is 17.4 Å². The Kier molecular flexibility index (Phi) is 5.98. The molecule has 32 heavy (non-hydrogen) atoms. The number of carbonyl (C=O) groups is 2. The van der Waals surface area contributed by atoms with Gasteiger partial charge in [-0.2, -0.15) is 0 Å². The van der Waals surface area contributed by atoms with E-state index >= 15 is 0 Å². The fraction of sp³-hybridized carbons (Fsp3) is 0.200. The molecule has 164 valence electrons. The van der Waals surface area contributed by atoms with Crippen LogP contribution in [0.25, 0.3) is 5.76 Å². The van der Waals surface area contributed by atoms with Crippen molar-refractivity contribution in [3.05, 3.63) is 89.4 Å². The van der Waals surface area contributed by atoms with Crippen LogP contribution in [0.2, 0.25) is 0 Å². The van der Waals surface area contributed by atoms with Crippen molar-refractivity contribution in [3.63, 3.8) is 0 Å². The van der Waals surface area contributed by atoms with Crippen LogP contribution in [0.4, 0.5) is 0 Å². The summed E-state index contributed by atoms with van der Waals surface area (Å²) in [5, 5.41) is 11.1. The van der Waals surface area contributed by atoms with Gasteiger partial charge >= 0.3 is 0 Å². The van der Waals surface area contributed by atoms with E-state index < -0.39 is 17.7 Å². The first-order chi connectivity index (χ1) is 15.5. The molecule has 1 amide bonds. The van der Waals surface area contributed by atoms with E-state index in [9.17, 15) is 14.7 Å². The van der Waals surface area contributed by atoms with E-state index in [0.717, 1.165) is 5.56 Å². The monoisotopic (exact) mass is 433 g/mol. The molecule has 0 aliphatic carbocycles. The standard InChI is InChI=1S/C25H23NO6/c1-3-31-19-10-4-7-16(13-19)15-26-22(20-11-6-12-32-20)21(24(28)25(26)29)23(27)17-8-5-9-18(14-17)30-2/h4-14,22,27H,3,15H2,1-2H3/b23-21-. The minimum Gasteiger partial charge on any atom is -0.507 e. The van der Waals surface area contributed by atoms with Crippen LogP contribution in [-0.4, -0.2) is 35.4 Å². The minimum absolute atomic E-state index is 0.0286. The van der Waals surface area contributed by atoms with E-state index in [2.05, 4.69) is 0 Å². The van der Waals surface area contributed by atoms with Crippen LogP contribution in [-0.2, 0) is 16.1 Å². The number of nitrogens with zero attached hydrogens (tertiary/aromatic N) is 1. The number of rotatable bonds is 7. The van der Waals surface area contributed by atoms with E-state index in [1.807, 2.05) is 31.2 Å². The zero-order chi connectivity index (χ0) is 22.7. The van der Waals surface area contributed by atoms with E-state index in [1.54, 1.807) is 36.4 Å². The van der Waals surface area contributed by atoms with Gasteiger partial charge in [0.05, 0.1) is 25.6 Å². The van der Waals surface area contributed by atoms with Crippen LogP contribution in [0.5, 0.6) is 11.5 Å². The van der Waals surface area contributed by atoms with Crippen LogP contribution >= 0.6 is 0 Å².